The molecule has 0 aromatic rings. The molecule has 8 aliphatic rings. The third kappa shape index (κ3) is 40.2. The maximum Gasteiger partial charge on any atom is 0.183 e. The first-order valence-electron chi connectivity index (χ1n) is 47.4. The lowest BCUT2D eigenvalue weighted by atomic mass is 9.90. The van der Waals surface area contributed by atoms with Crippen LogP contribution >= 0.6 is 119 Å². The zero-order valence-electron chi connectivity index (χ0n) is 79.2. The fourth-order valence-corrected chi connectivity index (χ4v) is 24.7. The SMILES string of the molecule is C[C@@H]1C(CSCCNC(=S)NCC(COCCCS[C@@H]2OC(CO)[C@@H](O)C(O)[C@@H]2O)(COCCCS[C@@H]2OC(CO)[C@@H](O)C(O)[C@@H]2O)COCCCS[C@@H]2OC(CO)[C@@H](O)C(O)[C@@H]2O)O[C@H](O)[C@@H](O)C1O.C[C@@H]1C(CSCCNC(=S)NCC(COCCCS[C@H]2OC(CO)[C@@H](O)C(O)[C@H]2O)(COCCCS[C@H]2OC(CO)[C@@H](O)C(O)[C@H]2O)COCCCS[C@H]2OC(CO)[C@@H](O)C(O)[C@H]2O)O[C@H](O)[C@@H](O)C1O. The van der Waals surface area contributed by atoms with Crippen molar-refractivity contribution < 1.29 is 220 Å². The van der Waals surface area contributed by atoms with Gasteiger partial charge in [0.15, 0.2) is 22.8 Å². The predicted octanol–water partition coefficient (Wildman–Crippen LogP) is -11.9. The first-order chi connectivity index (χ1) is 67.8. The number of ether oxygens (including phenoxy) is 14. The van der Waals surface area contributed by atoms with Crippen molar-refractivity contribution in [1.82, 2.24) is 21.3 Å². The zero-order valence-corrected chi connectivity index (χ0v) is 87.3. The minimum absolute atomic E-state index is 0.0917. The molecule has 0 aromatic heterocycles. The Morgan fingerprint density at radius 2 is 0.444 bits per heavy atom. The Labute approximate surface area is 869 Å². The summed E-state index contributed by atoms with van der Waals surface area (Å²) in [5.41, 5.74) is -7.20. The van der Waals surface area contributed by atoms with Crippen LogP contribution in [0.3, 0.4) is 0 Å². The summed E-state index contributed by atoms with van der Waals surface area (Å²) in [5, 5.41) is 316. The maximum atomic E-state index is 10.5. The molecular weight excluding hydrogens is 2090 g/mol. The van der Waals surface area contributed by atoms with E-state index in [2.05, 4.69) is 21.3 Å². The highest BCUT2D eigenvalue weighted by Gasteiger charge is 2.51. The van der Waals surface area contributed by atoms with E-state index >= 15 is 0 Å². The molecular formula is C84H156N4O44S10. The summed E-state index contributed by atoms with van der Waals surface area (Å²) in [6.07, 6.45) is -38.5. The molecule has 8 aliphatic heterocycles. The number of aliphatic hydroxyl groups is 30. The van der Waals surface area contributed by atoms with Gasteiger partial charge in [-0.25, -0.2) is 0 Å². The average molecular weight is 2250 g/mol. The van der Waals surface area contributed by atoms with Crippen LogP contribution in [0, 0.1) is 22.7 Å². The monoisotopic (exact) mass is 2240 g/mol. The second-order valence-electron chi connectivity index (χ2n) is 36.0. The molecule has 142 heavy (non-hydrogen) atoms. The summed E-state index contributed by atoms with van der Waals surface area (Å²) in [7, 11) is 0. The molecule has 0 bridgehead atoms. The lowest BCUT2D eigenvalue weighted by Crippen LogP contribution is -2.57. The molecule has 8 heterocycles. The molecule has 836 valence electrons. The van der Waals surface area contributed by atoms with E-state index < -0.39 is 291 Å². The Bertz CT molecular complexity index is 2930. The molecule has 48 nitrogen and oxygen atoms in total. The molecule has 0 aliphatic carbocycles. The van der Waals surface area contributed by atoms with Gasteiger partial charge in [0, 0.05) is 101 Å². The lowest BCUT2D eigenvalue weighted by molar-refractivity contribution is -0.261. The number of hydrogen-bond donors (Lipinski definition) is 34. The first kappa shape index (κ1) is 129. The minimum Gasteiger partial charge on any atom is -0.394 e. The van der Waals surface area contributed by atoms with Crippen LogP contribution in [0.1, 0.15) is 52.4 Å². The number of hydrogen-bond acceptors (Lipinski definition) is 54. The van der Waals surface area contributed by atoms with E-state index in [1.807, 2.05) is 0 Å². The topological polar surface area (TPSA) is 784 Å². The van der Waals surface area contributed by atoms with Gasteiger partial charge in [0.2, 0.25) is 0 Å². The van der Waals surface area contributed by atoms with Crippen molar-refractivity contribution in [2.24, 2.45) is 22.7 Å². The van der Waals surface area contributed by atoms with Crippen molar-refractivity contribution in [3.63, 3.8) is 0 Å². The fourth-order valence-electron chi connectivity index (χ4n) is 15.8. The third-order valence-corrected chi connectivity index (χ3v) is 35.0. The van der Waals surface area contributed by atoms with Crippen molar-refractivity contribution in [2.45, 2.75) is 281 Å². The maximum absolute atomic E-state index is 10.5. The summed E-state index contributed by atoms with van der Waals surface area (Å²) in [6.45, 7) is 3.39. The molecule has 58 heteroatoms. The molecule has 40 atom stereocenters. The molecule has 0 saturated carbocycles. The van der Waals surface area contributed by atoms with E-state index in [4.69, 9.17) is 90.8 Å². The Balaban J connectivity index is 0.000000386. The molecule has 8 saturated heterocycles. The first-order valence-corrected chi connectivity index (χ1v) is 56.8. The van der Waals surface area contributed by atoms with E-state index in [1.54, 1.807) is 13.8 Å². The van der Waals surface area contributed by atoms with Crippen molar-refractivity contribution in [3.05, 3.63) is 0 Å². The van der Waals surface area contributed by atoms with Crippen molar-refractivity contribution in [1.29, 1.82) is 0 Å². The van der Waals surface area contributed by atoms with E-state index in [0.717, 1.165) is 0 Å². The van der Waals surface area contributed by atoms with Crippen LogP contribution in [-0.4, -0.2) is 594 Å². The van der Waals surface area contributed by atoms with Crippen LogP contribution < -0.4 is 21.3 Å². The van der Waals surface area contributed by atoms with Gasteiger partial charge in [0.25, 0.3) is 0 Å². The number of thiocarbonyl (C=S) groups is 2. The molecule has 8 fully saturated rings. The van der Waals surface area contributed by atoms with E-state index in [-0.39, 0.29) is 92.4 Å². The highest BCUT2D eigenvalue weighted by atomic mass is 32.2. The Morgan fingerprint density at radius 3 is 0.634 bits per heavy atom. The van der Waals surface area contributed by atoms with E-state index in [0.29, 0.717) is 119 Å². The highest BCUT2D eigenvalue weighted by molar-refractivity contribution is 8.01. The molecule has 34 N–H and O–H groups in total. The third-order valence-electron chi connectivity index (χ3n) is 24.9. The van der Waals surface area contributed by atoms with Gasteiger partial charge >= 0.3 is 0 Å². The normalized spacial score (nSPS) is 38.7. The van der Waals surface area contributed by atoms with Gasteiger partial charge in [-0.2, -0.15) is 23.5 Å². The summed E-state index contributed by atoms with van der Waals surface area (Å²) < 4.78 is 82.1. The van der Waals surface area contributed by atoms with Crippen LogP contribution in [0.4, 0.5) is 0 Å². The number of rotatable bonds is 62. The van der Waals surface area contributed by atoms with Crippen LogP contribution in [0.5, 0.6) is 0 Å². The van der Waals surface area contributed by atoms with Crippen LogP contribution in [0.25, 0.3) is 0 Å². The van der Waals surface area contributed by atoms with Gasteiger partial charge in [0.1, 0.15) is 191 Å². The van der Waals surface area contributed by atoms with E-state index in [9.17, 15) is 153 Å². The summed E-state index contributed by atoms with van der Waals surface area (Å²) in [5.74, 6) is 3.74. The molecule has 16 unspecified atom stereocenters. The van der Waals surface area contributed by atoms with Gasteiger partial charge in [-0.1, -0.05) is 13.8 Å². The van der Waals surface area contributed by atoms with Crippen molar-refractivity contribution in [3.8, 4) is 0 Å². The zero-order chi connectivity index (χ0) is 105. The summed E-state index contributed by atoms with van der Waals surface area (Å²) in [4.78, 5) is 0. The van der Waals surface area contributed by atoms with Crippen molar-refractivity contribution in [2.75, 3.05) is 203 Å². The largest absolute Gasteiger partial charge is 0.394 e. The smallest absolute Gasteiger partial charge is 0.183 e. The average Bonchev–Trinajstić information content (AvgIpc) is 0.825. The Kier molecular flexibility index (Phi) is 62.0. The quantitative estimate of drug-likeness (QED) is 0.0199. The van der Waals surface area contributed by atoms with Gasteiger partial charge in [0.05, 0.1) is 115 Å². The lowest BCUT2D eigenvalue weighted by Gasteiger charge is -2.39. The van der Waals surface area contributed by atoms with Gasteiger partial charge < -0.3 is 241 Å². The predicted molar refractivity (Wildman–Crippen MR) is 531 cm³/mol. The molecule has 8 rings (SSSR count). The van der Waals surface area contributed by atoms with Crippen LogP contribution in [0.2, 0.25) is 0 Å². The highest BCUT2D eigenvalue weighted by Crippen LogP contribution is 2.38. The molecule has 0 spiro atoms. The van der Waals surface area contributed by atoms with E-state index in [1.165, 1.54) is 94.1 Å². The Morgan fingerprint density at radius 1 is 0.246 bits per heavy atom. The van der Waals surface area contributed by atoms with Gasteiger partial charge in [-0.05, 0) is 97.5 Å². The number of aliphatic hydroxyl groups excluding tert-OH is 30. The fraction of sp³-hybridized carbons (Fsp3) is 0.976. The van der Waals surface area contributed by atoms with Crippen molar-refractivity contribution >= 4 is 129 Å². The molecule has 0 aromatic carbocycles. The Hall–Kier alpha value is 0.420. The van der Waals surface area contributed by atoms with Gasteiger partial charge in [-0.3, -0.25) is 0 Å². The second kappa shape index (κ2) is 68.1. The van der Waals surface area contributed by atoms with Gasteiger partial charge in [-0.15, -0.1) is 70.6 Å². The molecule has 0 amide bonds. The molecule has 0 radical (unpaired) electrons. The summed E-state index contributed by atoms with van der Waals surface area (Å²) in [6, 6.07) is 0. The summed E-state index contributed by atoms with van der Waals surface area (Å²) >= 11 is 21.5. The standard InChI is InChI=1S/2C42H78N2O22S5/c2*1-21-25(63-37(59)33(55)26(21)48)16-68-12-5-43-41(67)44-17-42(18-60-6-2-9-69-38-34(56)30(52)27(49)22(13-45)64-38,19-61-7-3-10-70-39-35(57)31(53)28(50)23(14-46)65-39)20-62-8-4-11-71-40-36(58)32(54)29(51)24(15-47)66-40/h2*21-40,45-59H,2-20H2,1H3,(H2,43,44,67)/t21-,22?,23?,24?,25?,26?,27-,28-,29-,30?,31?,32?,33+,34+,35+,36+,37+,38+,39+,40+,42?;21-,22?,23?,24?,25?,26?,27-,28-,29-,30?,31?,32?,33+,34-,35-,36-,37+,38-,39-,40-,42?/m11/s1. The second-order valence-corrected chi connectivity index (χ2v) is 46.4. The van der Waals surface area contributed by atoms with Crippen LogP contribution in [-0.2, 0) is 66.3 Å². The number of nitrogens with one attached hydrogen (secondary N) is 4. The van der Waals surface area contributed by atoms with Crippen LogP contribution in [0.15, 0.2) is 0 Å². The minimum atomic E-state index is -1.50. The number of thioether (sulfide) groups is 8.